The predicted octanol–water partition coefficient (Wildman–Crippen LogP) is 5.31. The van der Waals surface area contributed by atoms with Crippen LogP contribution in [0.15, 0.2) is 48.5 Å². The van der Waals surface area contributed by atoms with E-state index in [4.69, 9.17) is 0 Å². The van der Waals surface area contributed by atoms with E-state index in [0.29, 0.717) is 4.58 Å². The Balaban J connectivity index is 1.52. The summed E-state index contributed by atoms with van der Waals surface area (Å²) in [5, 5.41) is 0. The molecule has 0 spiro atoms. The highest BCUT2D eigenvalue weighted by Gasteiger charge is 2.27. The van der Waals surface area contributed by atoms with E-state index in [-0.39, 0.29) is 11.9 Å². The highest BCUT2D eigenvalue weighted by atomic mass is 32.2. The van der Waals surface area contributed by atoms with Gasteiger partial charge in [-0.1, -0.05) is 36.4 Å². The Morgan fingerprint density at radius 1 is 1.04 bits per heavy atom. The van der Waals surface area contributed by atoms with Gasteiger partial charge in [-0.15, -0.1) is 23.5 Å². The van der Waals surface area contributed by atoms with Crippen molar-refractivity contribution in [3.63, 3.8) is 0 Å². The normalized spacial score (nSPS) is 20.3. The molecule has 4 rings (SSSR count). The van der Waals surface area contributed by atoms with Gasteiger partial charge in [-0.3, -0.25) is 4.79 Å². The molecule has 25 heavy (non-hydrogen) atoms. The maximum absolute atomic E-state index is 13.0. The molecule has 2 aromatic carbocycles. The van der Waals surface area contributed by atoms with Crippen molar-refractivity contribution in [3.8, 4) is 0 Å². The van der Waals surface area contributed by atoms with Crippen molar-refractivity contribution >= 4 is 29.4 Å². The smallest absolute Gasteiger partial charge is 0.254 e. The average Bonchev–Trinajstić information content (AvgIpc) is 3.21. The van der Waals surface area contributed by atoms with Gasteiger partial charge in [0.2, 0.25) is 0 Å². The minimum atomic E-state index is 0.125. The summed E-state index contributed by atoms with van der Waals surface area (Å²) in [6, 6.07) is 17.0. The van der Waals surface area contributed by atoms with Crippen LogP contribution in [0.5, 0.6) is 0 Å². The van der Waals surface area contributed by atoms with E-state index in [9.17, 15) is 4.79 Å². The van der Waals surface area contributed by atoms with E-state index in [1.807, 2.05) is 47.6 Å². The molecule has 0 saturated carbocycles. The molecule has 1 atom stereocenters. The third kappa shape index (κ3) is 3.47. The Bertz CT molecular complexity index is 753. The van der Waals surface area contributed by atoms with Crippen molar-refractivity contribution in [2.24, 2.45) is 0 Å². The lowest BCUT2D eigenvalue weighted by Gasteiger charge is -2.33. The van der Waals surface area contributed by atoms with Gasteiger partial charge in [0.05, 0.1) is 10.6 Å². The summed E-state index contributed by atoms with van der Waals surface area (Å²) in [6.45, 7) is 0. The number of fused-ring (bicyclic) bond motifs is 1. The van der Waals surface area contributed by atoms with Crippen LogP contribution < -0.4 is 0 Å². The topological polar surface area (TPSA) is 20.3 Å². The van der Waals surface area contributed by atoms with Gasteiger partial charge < -0.3 is 4.90 Å². The molecule has 0 bridgehead atoms. The lowest BCUT2D eigenvalue weighted by atomic mass is 9.87. The molecule has 2 nitrogen and oxygen atoms in total. The second-order valence-electron chi connectivity index (χ2n) is 6.72. The first-order chi connectivity index (χ1) is 12.2. The number of thioether (sulfide) groups is 2. The van der Waals surface area contributed by atoms with Crippen molar-refractivity contribution in [2.45, 2.75) is 29.9 Å². The van der Waals surface area contributed by atoms with Gasteiger partial charge in [-0.25, -0.2) is 0 Å². The van der Waals surface area contributed by atoms with Crippen LogP contribution in [0.25, 0.3) is 0 Å². The molecule has 130 valence electrons. The number of hydrogen-bond donors (Lipinski definition) is 0. The van der Waals surface area contributed by atoms with Crippen LogP contribution in [0.2, 0.25) is 0 Å². The van der Waals surface area contributed by atoms with Crippen molar-refractivity contribution < 1.29 is 4.79 Å². The maximum Gasteiger partial charge on any atom is 0.254 e. The molecular weight excluding hydrogens is 346 g/mol. The van der Waals surface area contributed by atoms with Gasteiger partial charge in [-0.05, 0) is 48.1 Å². The number of nitrogens with zero attached hydrogens (tertiary/aromatic N) is 1. The zero-order valence-corrected chi connectivity index (χ0v) is 16.1. The van der Waals surface area contributed by atoms with E-state index < -0.39 is 0 Å². The first kappa shape index (κ1) is 17.0. The molecule has 2 aliphatic rings. The molecule has 0 N–H and O–H groups in total. The standard InChI is InChI=1S/C21H23NOS2/c1-22(19-8-4-6-15-5-2-3-7-18(15)19)20(23)16-9-11-17(12-10-16)21-24-13-14-25-21/h2-3,5,7,9-12,19,21H,4,6,8,13-14H2,1H3. The molecule has 0 radical (unpaired) electrons. The Hall–Kier alpha value is -1.39. The second kappa shape index (κ2) is 7.46. The third-order valence-electron chi connectivity index (χ3n) is 5.18. The van der Waals surface area contributed by atoms with E-state index >= 15 is 0 Å². The molecule has 1 unspecified atom stereocenters. The van der Waals surface area contributed by atoms with Gasteiger partial charge in [0, 0.05) is 24.1 Å². The van der Waals surface area contributed by atoms with Crippen LogP contribution >= 0.6 is 23.5 Å². The summed E-state index contributed by atoms with van der Waals surface area (Å²) in [5.41, 5.74) is 4.83. The first-order valence-corrected chi connectivity index (χ1v) is 11.0. The summed E-state index contributed by atoms with van der Waals surface area (Å²) in [4.78, 5) is 14.9. The first-order valence-electron chi connectivity index (χ1n) is 8.92. The van der Waals surface area contributed by atoms with E-state index in [1.165, 1.54) is 28.2 Å². The van der Waals surface area contributed by atoms with Gasteiger partial charge in [0.25, 0.3) is 5.91 Å². The second-order valence-corrected chi connectivity index (χ2v) is 9.44. The number of carbonyl (C=O) groups is 1. The summed E-state index contributed by atoms with van der Waals surface area (Å²) < 4.78 is 0.534. The highest BCUT2D eigenvalue weighted by molar-refractivity contribution is 8.19. The molecule has 1 heterocycles. The summed E-state index contributed by atoms with van der Waals surface area (Å²) >= 11 is 4.00. The lowest BCUT2D eigenvalue weighted by molar-refractivity contribution is 0.0715. The van der Waals surface area contributed by atoms with Crippen LogP contribution in [0.4, 0.5) is 0 Å². The van der Waals surface area contributed by atoms with E-state index in [0.717, 1.165) is 24.8 Å². The van der Waals surface area contributed by atoms with Gasteiger partial charge >= 0.3 is 0 Å². The van der Waals surface area contributed by atoms with Crippen molar-refractivity contribution in [1.82, 2.24) is 4.90 Å². The van der Waals surface area contributed by atoms with Crippen LogP contribution in [0.1, 0.15) is 50.5 Å². The Morgan fingerprint density at radius 3 is 2.52 bits per heavy atom. The number of benzene rings is 2. The number of hydrogen-bond acceptors (Lipinski definition) is 3. The average molecular weight is 370 g/mol. The molecule has 1 aliphatic carbocycles. The molecule has 1 saturated heterocycles. The van der Waals surface area contributed by atoms with Crippen molar-refractivity contribution in [2.75, 3.05) is 18.6 Å². The lowest BCUT2D eigenvalue weighted by Crippen LogP contribution is -2.33. The van der Waals surface area contributed by atoms with Gasteiger partial charge in [0.15, 0.2) is 0 Å². The Kier molecular flexibility index (Phi) is 5.09. The minimum Gasteiger partial charge on any atom is -0.335 e. The zero-order valence-electron chi connectivity index (χ0n) is 14.5. The third-order valence-corrected chi connectivity index (χ3v) is 8.28. The monoisotopic (exact) mass is 369 g/mol. The SMILES string of the molecule is CN(C(=O)c1ccc(C2SCCS2)cc1)C1CCCc2ccccc21. The van der Waals surface area contributed by atoms with Crippen LogP contribution in [0.3, 0.4) is 0 Å². The fraction of sp³-hybridized carbons (Fsp3) is 0.381. The number of amides is 1. The summed E-state index contributed by atoms with van der Waals surface area (Å²) in [6.07, 6.45) is 3.32. The highest BCUT2D eigenvalue weighted by Crippen LogP contribution is 2.45. The number of carbonyl (C=O) groups excluding carboxylic acids is 1. The molecule has 1 aliphatic heterocycles. The summed E-state index contributed by atoms with van der Waals surface area (Å²) in [7, 11) is 1.95. The van der Waals surface area contributed by atoms with Crippen molar-refractivity contribution in [1.29, 1.82) is 0 Å². The molecule has 1 amide bonds. The quantitative estimate of drug-likeness (QED) is 0.731. The number of aryl methyl sites for hydroxylation is 1. The number of rotatable bonds is 3. The maximum atomic E-state index is 13.0. The van der Waals surface area contributed by atoms with E-state index in [1.54, 1.807) is 0 Å². The molecule has 0 aromatic heterocycles. The molecule has 1 fully saturated rings. The predicted molar refractivity (Wildman–Crippen MR) is 108 cm³/mol. The fourth-order valence-electron chi connectivity index (χ4n) is 3.81. The minimum absolute atomic E-state index is 0.125. The Morgan fingerprint density at radius 2 is 1.76 bits per heavy atom. The fourth-order valence-corrected chi connectivity index (χ4v) is 6.67. The molecule has 4 heteroatoms. The van der Waals surface area contributed by atoms with E-state index in [2.05, 4.69) is 36.4 Å². The van der Waals surface area contributed by atoms with Crippen molar-refractivity contribution in [3.05, 3.63) is 70.8 Å². The zero-order chi connectivity index (χ0) is 17.2. The van der Waals surface area contributed by atoms with Crippen LogP contribution in [-0.2, 0) is 6.42 Å². The molecular formula is C21H23NOS2. The summed E-state index contributed by atoms with van der Waals surface area (Å²) in [5.74, 6) is 2.57. The molecule has 2 aromatic rings. The van der Waals surface area contributed by atoms with Crippen LogP contribution in [-0.4, -0.2) is 29.4 Å². The largest absolute Gasteiger partial charge is 0.335 e. The van der Waals surface area contributed by atoms with Gasteiger partial charge in [0.1, 0.15) is 0 Å². The van der Waals surface area contributed by atoms with Gasteiger partial charge in [-0.2, -0.15) is 0 Å². The van der Waals surface area contributed by atoms with Crippen LogP contribution in [0, 0.1) is 0 Å². The Labute approximate surface area is 158 Å².